The smallest absolute Gasteiger partial charge is 0.215 e. The van der Waals surface area contributed by atoms with E-state index in [9.17, 15) is 0 Å². The van der Waals surface area contributed by atoms with Crippen molar-refractivity contribution in [1.82, 2.24) is 0 Å². The first-order valence-corrected chi connectivity index (χ1v) is 2.39. The molecule has 0 atom stereocenters. The van der Waals surface area contributed by atoms with Crippen LogP contribution in [-0.4, -0.2) is 24.8 Å². The summed E-state index contributed by atoms with van der Waals surface area (Å²) in [6.07, 6.45) is 0. The maximum atomic E-state index is 5.24. The Morgan fingerprint density at radius 2 is 2.38 bits per heavy atom. The third kappa shape index (κ3) is 0.840. The van der Waals surface area contributed by atoms with Gasteiger partial charge in [0.1, 0.15) is 0 Å². The fourth-order valence-corrected chi connectivity index (χ4v) is 0.515. The van der Waals surface area contributed by atoms with Crippen molar-refractivity contribution in [2.75, 3.05) is 13.1 Å². The van der Waals surface area contributed by atoms with Crippen LogP contribution in [0.4, 0.5) is 0 Å². The predicted octanol–water partition coefficient (Wildman–Crippen LogP) is -1.29. The monoisotopic (exact) mass is 112 g/mol. The normalized spacial score (nSPS) is 18.1. The first-order chi connectivity index (χ1) is 3.83. The lowest BCUT2D eigenvalue weighted by Gasteiger charge is -1.85. The summed E-state index contributed by atoms with van der Waals surface area (Å²) >= 11 is 0. The van der Waals surface area contributed by atoms with Gasteiger partial charge in [-0.05, 0) is 0 Å². The number of aliphatic imine (C=N–C) groups is 2. The highest BCUT2D eigenvalue weighted by molar-refractivity contribution is 6.03. The second kappa shape index (κ2) is 1.92. The number of hydrogen-bond acceptors (Lipinski definition) is 4. The molecule has 1 aliphatic rings. The second-order valence-corrected chi connectivity index (χ2v) is 1.56. The van der Waals surface area contributed by atoms with Gasteiger partial charge in [-0.15, -0.1) is 0 Å². The van der Waals surface area contributed by atoms with E-state index in [0.29, 0.717) is 19.0 Å². The molecule has 0 aromatic carbocycles. The molecule has 0 saturated heterocycles. The quantitative estimate of drug-likeness (QED) is 0.443. The molecular weight excluding hydrogens is 104 g/mol. The van der Waals surface area contributed by atoms with Crippen molar-refractivity contribution in [2.45, 2.75) is 0 Å². The Balaban J connectivity index is 2.56. The van der Waals surface area contributed by atoms with E-state index < -0.39 is 0 Å². The minimum Gasteiger partial charge on any atom is -0.368 e. The molecule has 8 heavy (non-hydrogen) atoms. The molecule has 0 aliphatic carbocycles. The maximum Gasteiger partial charge on any atom is 0.215 e. The van der Waals surface area contributed by atoms with Crippen molar-refractivity contribution in [2.24, 2.45) is 21.5 Å². The molecule has 0 spiro atoms. The molecule has 1 heterocycles. The Labute approximate surface area is 47.3 Å². The lowest BCUT2D eigenvalue weighted by atomic mass is 10.4. The SMILES string of the molecule is NCC1=NC(N)=NC1. The second-order valence-electron chi connectivity index (χ2n) is 1.56. The van der Waals surface area contributed by atoms with Crippen LogP contribution in [0.25, 0.3) is 0 Å². The van der Waals surface area contributed by atoms with Crippen molar-refractivity contribution < 1.29 is 0 Å². The van der Waals surface area contributed by atoms with Crippen LogP contribution < -0.4 is 11.5 Å². The van der Waals surface area contributed by atoms with Gasteiger partial charge in [0.15, 0.2) is 0 Å². The first kappa shape index (κ1) is 5.24. The van der Waals surface area contributed by atoms with Gasteiger partial charge in [0.2, 0.25) is 5.96 Å². The first-order valence-electron chi connectivity index (χ1n) is 2.39. The summed E-state index contributed by atoms with van der Waals surface area (Å²) in [5.41, 5.74) is 11.3. The highest BCUT2D eigenvalue weighted by Gasteiger charge is 2.02. The fourth-order valence-electron chi connectivity index (χ4n) is 0.515. The van der Waals surface area contributed by atoms with E-state index in [4.69, 9.17) is 11.5 Å². The number of nitrogens with zero attached hydrogens (tertiary/aromatic N) is 2. The zero-order valence-electron chi connectivity index (χ0n) is 4.46. The topological polar surface area (TPSA) is 76.8 Å². The molecule has 0 fully saturated rings. The fraction of sp³-hybridized carbons (Fsp3) is 0.500. The van der Waals surface area contributed by atoms with Crippen LogP contribution in [-0.2, 0) is 0 Å². The minimum atomic E-state index is 0.352. The lowest BCUT2D eigenvalue weighted by molar-refractivity contribution is 1.23. The summed E-state index contributed by atoms with van der Waals surface area (Å²) in [5.74, 6) is 0.352. The minimum absolute atomic E-state index is 0.352. The molecule has 0 amide bonds. The van der Waals surface area contributed by atoms with E-state index in [1.165, 1.54) is 0 Å². The summed E-state index contributed by atoms with van der Waals surface area (Å²) in [6, 6.07) is 0. The largest absolute Gasteiger partial charge is 0.368 e. The van der Waals surface area contributed by atoms with Gasteiger partial charge in [-0.2, -0.15) is 0 Å². The zero-order chi connectivity index (χ0) is 5.98. The van der Waals surface area contributed by atoms with Crippen molar-refractivity contribution in [3.8, 4) is 0 Å². The molecule has 0 unspecified atom stereocenters. The molecule has 4 nitrogen and oxygen atoms in total. The lowest BCUT2D eigenvalue weighted by Crippen LogP contribution is -2.14. The highest BCUT2D eigenvalue weighted by Crippen LogP contribution is 1.88. The summed E-state index contributed by atoms with van der Waals surface area (Å²) in [5, 5.41) is 0. The summed E-state index contributed by atoms with van der Waals surface area (Å²) in [6.45, 7) is 1.05. The molecule has 0 aromatic heterocycles. The van der Waals surface area contributed by atoms with Crippen LogP contribution >= 0.6 is 0 Å². The van der Waals surface area contributed by atoms with E-state index in [2.05, 4.69) is 9.98 Å². The van der Waals surface area contributed by atoms with Crippen molar-refractivity contribution >= 4 is 11.7 Å². The summed E-state index contributed by atoms with van der Waals surface area (Å²) in [7, 11) is 0. The van der Waals surface area contributed by atoms with Crippen LogP contribution in [0.5, 0.6) is 0 Å². The van der Waals surface area contributed by atoms with Gasteiger partial charge < -0.3 is 11.5 Å². The Kier molecular flexibility index (Phi) is 1.26. The Hall–Kier alpha value is -0.900. The zero-order valence-corrected chi connectivity index (χ0v) is 4.46. The Morgan fingerprint density at radius 3 is 2.62 bits per heavy atom. The molecular formula is C4H8N4. The third-order valence-electron chi connectivity index (χ3n) is 0.932. The van der Waals surface area contributed by atoms with Gasteiger partial charge in [-0.25, -0.2) is 9.98 Å². The van der Waals surface area contributed by atoms with Crippen LogP contribution in [0.2, 0.25) is 0 Å². The van der Waals surface area contributed by atoms with Crippen LogP contribution in [0.15, 0.2) is 9.98 Å². The maximum absolute atomic E-state index is 5.24. The average molecular weight is 112 g/mol. The molecule has 0 radical (unpaired) electrons. The predicted molar refractivity (Wildman–Crippen MR) is 33.0 cm³/mol. The average Bonchev–Trinajstić information content (AvgIpc) is 2.14. The van der Waals surface area contributed by atoms with Crippen molar-refractivity contribution in [1.29, 1.82) is 0 Å². The van der Waals surface area contributed by atoms with Gasteiger partial charge in [-0.3, -0.25) is 0 Å². The summed E-state index contributed by atoms with van der Waals surface area (Å²) < 4.78 is 0. The number of hydrogen-bond donors (Lipinski definition) is 2. The van der Waals surface area contributed by atoms with Crippen molar-refractivity contribution in [3.63, 3.8) is 0 Å². The molecule has 1 rings (SSSR count). The number of guanidine groups is 1. The molecule has 44 valence electrons. The van der Waals surface area contributed by atoms with Crippen LogP contribution in [0, 0.1) is 0 Å². The van der Waals surface area contributed by atoms with Gasteiger partial charge in [0.25, 0.3) is 0 Å². The van der Waals surface area contributed by atoms with Gasteiger partial charge in [0, 0.05) is 6.54 Å². The number of rotatable bonds is 1. The number of nitrogens with two attached hydrogens (primary N) is 2. The van der Waals surface area contributed by atoms with Gasteiger partial charge in [0.05, 0.1) is 12.3 Å². The molecule has 0 saturated carbocycles. The Morgan fingerprint density at radius 1 is 1.62 bits per heavy atom. The molecule has 4 heteroatoms. The van der Waals surface area contributed by atoms with E-state index in [0.717, 1.165) is 5.71 Å². The standard InChI is InChI=1S/C4H8N4/c5-1-3-2-7-4(6)8-3/h1-2,5H2,(H2,6,7). The van der Waals surface area contributed by atoms with E-state index >= 15 is 0 Å². The molecule has 0 bridgehead atoms. The van der Waals surface area contributed by atoms with Gasteiger partial charge >= 0.3 is 0 Å². The Bertz CT molecular complexity index is 146. The highest BCUT2D eigenvalue weighted by atomic mass is 15.1. The van der Waals surface area contributed by atoms with Gasteiger partial charge in [-0.1, -0.05) is 0 Å². The van der Waals surface area contributed by atoms with Crippen LogP contribution in [0.3, 0.4) is 0 Å². The van der Waals surface area contributed by atoms with E-state index in [-0.39, 0.29) is 0 Å². The van der Waals surface area contributed by atoms with E-state index in [1.54, 1.807) is 0 Å². The third-order valence-corrected chi connectivity index (χ3v) is 0.932. The van der Waals surface area contributed by atoms with Crippen molar-refractivity contribution in [3.05, 3.63) is 0 Å². The van der Waals surface area contributed by atoms with Crippen LogP contribution in [0.1, 0.15) is 0 Å². The molecule has 1 aliphatic heterocycles. The molecule has 0 aromatic rings. The summed E-state index contributed by atoms with van der Waals surface area (Å²) in [4.78, 5) is 7.63. The van der Waals surface area contributed by atoms with E-state index in [1.807, 2.05) is 0 Å². The molecule has 4 N–H and O–H groups in total.